The van der Waals surface area contributed by atoms with Crippen molar-refractivity contribution >= 4 is 27.7 Å². The number of nitrogens with one attached hydrogen (secondary N) is 2. The molecule has 2 aromatic rings. The smallest absolute Gasteiger partial charge is 0.252 e. The van der Waals surface area contributed by atoms with Crippen LogP contribution in [0.1, 0.15) is 48.7 Å². The van der Waals surface area contributed by atoms with Gasteiger partial charge in [0, 0.05) is 22.6 Å². The second-order valence-electron chi connectivity index (χ2n) is 8.47. The number of piperidine rings is 1. The van der Waals surface area contributed by atoms with E-state index >= 15 is 0 Å². The van der Waals surface area contributed by atoms with E-state index in [2.05, 4.69) is 45.3 Å². The number of carbonyl (C=O) groups excluding carboxylic acids is 2. The summed E-state index contributed by atoms with van der Waals surface area (Å²) < 4.78 is 5.94. The molecule has 0 aromatic heterocycles. The monoisotopic (exact) mass is 501 g/mol. The Hall–Kier alpha value is -2.38. The third-order valence-electron chi connectivity index (χ3n) is 6.05. The van der Waals surface area contributed by atoms with Crippen LogP contribution in [-0.2, 0) is 4.79 Å². The van der Waals surface area contributed by atoms with Crippen LogP contribution < -0.4 is 15.4 Å². The van der Waals surface area contributed by atoms with Gasteiger partial charge in [-0.25, -0.2) is 0 Å². The van der Waals surface area contributed by atoms with Gasteiger partial charge in [0.2, 0.25) is 5.91 Å². The molecular weight excluding hydrogens is 470 g/mol. The summed E-state index contributed by atoms with van der Waals surface area (Å²) in [6, 6.07) is 14.1. The average Bonchev–Trinajstić information content (AvgIpc) is 2.81. The van der Waals surface area contributed by atoms with Crippen LogP contribution in [0.2, 0.25) is 0 Å². The van der Waals surface area contributed by atoms with Crippen molar-refractivity contribution in [2.75, 3.05) is 26.7 Å². The zero-order valence-corrected chi connectivity index (χ0v) is 20.5. The van der Waals surface area contributed by atoms with E-state index in [-0.39, 0.29) is 11.8 Å². The van der Waals surface area contributed by atoms with Gasteiger partial charge in [-0.05, 0) is 81.6 Å². The molecule has 172 valence electrons. The Balaban J connectivity index is 1.68. The fourth-order valence-electron chi connectivity index (χ4n) is 3.97. The van der Waals surface area contributed by atoms with E-state index in [4.69, 9.17) is 4.74 Å². The van der Waals surface area contributed by atoms with E-state index in [0.29, 0.717) is 29.8 Å². The molecule has 0 radical (unpaired) electrons. The van der Waals surface area contributed by atoms with Crippen LogP contribution in [0, 0.1) is 5.92 Å². The summed E-state index contributed by atoms with van der Waals surface area (Å²) >= 11 is 3.52. The average molecular weight is 502 g/mol. The van der Waals surface area contributed by atoms with Gasteiger partial charge in [-0.15, -0.1) is 0 Å². The first-order valence-corrected chi connectivity index (χ1v) is 11.9. The number of carbonyl (C=O) groups is 2. The number of amides is 2. The third kappa shape index (κ3) is 6.33. The third-order valence-corrected chi connectivity index (χ3v) is 6.77. The predicted octanol–water partition coefficient (Wildman–Crippen LogP) is 4.17. The van der Waals surface area contributed by atoms with Crippen LogP contribution >= 0.6 is 15.9 Å². The summed E-state index contributed by atoms with van der Waals surface area (Å²) in [6.45, 7) is 7.16. The van der Waals surface area contributed by atoms with Gasteiger partial charge < -0.3 is 20.3 Å². The molecule has 1 atom stereocenters. The second-order valence-corrected chi connectivity index (χ2v) is 9.33. The minimum absolute atomic E-state index is 0.204. The van der Waals surface area contributed by atoms with Gasteiger partial charge in [0.15, 0.2) is 0 Å². The molecule has 32 heavy (non-hydrogen) atoms. The van der Waals surface area contributed by atoms with Crippen molar-refractivity contribution in [2.45, 2.75) is 38.8 Å². The van der Waals surface area contributed by atoms with Crippen LogP contribution in [-0.4, -0.2) is 49.5 Å². The molecule has 0 aliphatic carbocycles. The Morgan fingerprint density at radius 3 is 2.34 bits per heavy atom. The first kappa shape index (κ1) is 24.3. The Morgan fingerprint density at radius 2 is 1.75 bits per heavy atom. The molecule has 0 spiro atoms. The van der Waals surface area contributed by atoms with E-state index in [9.17, 15) is 9.59 Å². The van der Waals surface area contributed by atoms with Crippen molar-refractivity contribution in [1.29, 1.82) is 0 Å². The molecule has 1 aliphatic rings. The van der Waals surface area contributed by atoms with Gasteiger partial charge in [0.05, 0.1) is 7.11 Å². The van der Waals surface area contributed by atoms with Gasteiger partial charge in [-0.3, -0.25) is 9.59 Å². The molecule has 0 saturated carbocycles. The molecule has 6 nitrogen and oxygen atoms in total. The van der Waals surface area contributed by atoms with Crippen molar-refractivity contribution in [2.24, 2.45) is 5.92 Å². The molecule has 1 fully saturated rings. The predicted molar refractivity (Wildman–Crippen MR) is 130 cm³/mol. The van der Waals surface area contributed by atoms with Crippen LogP contribution in [0.4, 0.5) is 0 Å². The summed E-state index contributed by atoms with van der Waals surface area (Å²) in [5.74, 6) is 0.607. The minimum atomic E-state index is -0.795. The first-order chi connectivity index (χ1) is 15.4. The molecule has 7 heteroatoms. The van der Waals surface area contributed by atoms with Crippen molar-refractivity contribution in [3.63, 3.8) is 0 Å². The number of benzene rings is 2. The fraction of sp³-hybridized carbons (Fsp3) is 0.440. The van der Waals surface area contributed by atoms with Crippen LogP contribution in [0.5, 0.6) is 5.75 Å². The van der Waals surface area contributed by atoms with E-state index in [0.717, 1.165) is 36.0 Å². The molecule has 2 aromatic carbocycles. The number of ether oxygens (including phenoxy) is 1. The number of nitrogens with zero attached hydrogens (tertiary/aromatic N) is 1. The molecule has 2 amide bonds. The molecule has 1 heterocycles. The Labute approximate surface area is 198 Å². The summed E-state index contributed by atoms with van der Waals surface area (Å²) in [5, 5.41) is 5.99. The molecule has 0 bridgehead atoms. The molecule has 2 N–H and O–H groups in total. The van der Waals surface area contributed by atoms with Crippen LogP contribution in [0.3, 0.4) is 0 Å². The Bertz CT molecular complexity index is 909. The summed E-state index contributed by atoms with van der Waals surface area (Å²) in [4.78, 5) is 28.6. The van der Waals surface area contributed by atoms with Gasteiger partial charge in [0.25, 0.3) is 5.91 Å². The number of halogens is 1. The molecular formula is C25H32BrN3O3. The lowest BCUT2D eigenvalue weighted by Crippen LogP contribution is -2.44. The SMILES string of the molecule is COc1ccc(C(=O)NC(C(=O)NCC2CCN(C(C)C)CC2)c2ccccc2Br)cc1. The van der Waals surface area contributed by atoms with Crippen molar-refractivity contribution < 1.29 is 14.3 Å². The lowest BCUT2D eigenvalue weighted by atomic mass is 9.95. The zero-order valence-electron chi connectivity index (χ0n) is 18.9. The van der Waals surface area contributed by atoms with Crippen LogP contribution in [0.25, 0.3) is 0 Å². The second kappa shape index (κ2) is 11.5. The van der Waals surface area contributed by atoms with Crippen molar-refractivity contribution in [1.82, 2.24) is 15.5 Å². The molecule has 1 aliphatic heterocycles. The summed E-state index contributed by atoms with van der Waals surface area (Å²) in [6.07, 6.45) is 2.13. The minimum Gasteiger partial charge on any atom is -0.497 e. The highest BCUT2D eigenvalue weighted by Gasteiger charge is 2.27. The number of hydrogen-bond donors (Lipinski definition) is 2. The Kier molecular flexibility index (Phi) is 8.70. The normalized spacial score (nSPS) is 15.9. The van der Waals surface area contributed by atoms with E-state index in [1.165, 1.54) is 0 Å². The highest BCUT2D eigenvalue weighted by atomic mass is 79.9. The largest absolute Gasteiger partial charge is 0.497 e. The van der Waals surface area contributed by atoms with E-state index < -0.39 is 6.04 Å². The number of hydrogen-bond acceptors (Lipinski definition) is 4. The number of methoxy groups -OCH3 is 1. The highest BCUT2D eigenvalue weighted by molar-refractivity contribution is 9.10. The van der Waals surface area contributed by atoms with E-state index in [1.807, 2.05) is 24.3 Å². The Morgan fingerprint density at radius 1 is 1.09 bits per heavy atom. The lowest BCUT2D eigenvalue weighted by Gasteiger charge is -2.34. The molecule has 3 rings (SSSR count). The van der Waals surface area contributed by atoms with Crippen LogP contribution in [0.15, 0.2) is 53.0 Å². The van der Waals surface area contributed by atoms with Crippen molar-refractivity contribution in [3.8, 4) is 5.75 Å². The number of likely N-dealkylation sites (tertiary alicyclic amines) is 1. The fourth-order valence-corrected chi connectivity index (χ4v) is 4.48. The maximum Gasteiger partial charge on any atom is 0.252 e. The maximum absolute atomic E-state index is 13.2. The standard InChI is InChI=1S/C25H32BrN3O3/c1-17(2)29-14-12-18(13-15-29)16-27-25(31)23(21-6-4-5-7-22(21)26)28-24(30)19-8-10-20(32-3)11-9-19/h4-11,17-18,23H,12-16H2,1-3H3,(H,27,31)(H,28,30). The van der Waals surface area contributed by atoms with E-state index in [1.54, 1.807) is 31.4 Å². The first-order valence-electron chi connectivity index (χ1n) is 11.1. The van der Waals surface area contributed by atoms with Gasteiger partial charge in [-0.1, -0.05) is 34.1 Å². The lowest BCUT2D eigenvalue weighted by molar-refractivity contribution is -0.123. The topological polar surface area (TPSA) is 70.7 Å². The summed E-state index contributed by atoms with van der Waals surface area (Å²) in [5.41, 5.74) is 1.19. The van der Waals surface area contributed by atoms with Crippen molar-refractivity contribution in [3.05, 3.63) is 64.1 Å². The highest BCUT2D eigenvalue weighted by Crippen LogP contribution is 2.25. The zero-order chi connectivity index (χ0) is 23.1. The molecule has 1 unspecified atom stereocenters. The quantitative estimate of drug-likeness (QED) is 0.569. The van der Waals surface area contributed by atoms with Gasteiger partial charge in [0.1, 0.15) is 11.8 Å². The number of rotatable bonds is 8. The molecule has 1 saturated heterocycles. The van der Waals surface area contributed by atoms with Gasteiger partial charge >= 0.3 is 0 Å². The maximum atomic E-state index is 13.2. The summed E-state index contributed by atoms with van der Waals surface area (Å²) in [7, 11) is 1.58. The van der Waals surface area contributed by atoms with Gasteiger partial charge in [-0.2, -0.15) is 0 Å².